The highest BCUT2D eigenvalue weighted by atomic mass is 16.1. The zero-order valence-electron chi connectivity index (χ0n) is 12.8. The third-order valence-corrected chi connectivity index (χ3v) is 4.06. The minimum atomic E-state index is -0.213. The number of carbonyl (C=O) groups excluding carboxylic acids is 1. The summed E-state index contributed by atoms with van der Waals surface area (Å²) in [5.74, 6) is 0.136. The normalized spacial score (nSPS) is 14.8. The van der Waals surface area contributed by atoms with E-state index >= 15 is 0 Å². The molecule has 1 aromatic heterocycles. The van der Waals surface area contributed by atoms with Crippen molar-refractivity contribution in [3.05, 3.63) is 59.4 Å². The number of anilines is 1. The molecule has 0 aliphatic carbocycles. The molecule has 4 heteroatoms. The van der Waals surface area contributed by atoms with Gasteiger partial charge in [0.25, 0.3) is 0 Å². The molecule has 0 bridgehead atoms. The Balaban J connectivity index is 1.65. The van der Waals surface area contributed by atoms with Gasteiger partial charge in [-0.1, -0.05) is 6.07 Å². The van der Waals surface area contributed by atoms with Crippen LogP contribution < -0.4 is 10.6 Å². The standard InChI is InChI=1S/C18H21N3O/c1-13(21-12-14-4-2-8-19-11-14)18(22)16-6-7-17-15(10-16)5-3-9-20-17/h2,4,6-8,10-11,13,20-21H,3,5,9,12H2,1H3. The van der Waals surface area contributed by atoms with Crippen molar-refractivity contribution < 1.29 is 4.79 Å². The maximum Gasteiger partial charge on any atom is 0.179 e. The Morgan fingerprint density at radius 3 is 3.14 bits per heavy atom. The van der Waals surface area contributed by atoms with Gasteiger partial charge in [-0.05, 0) is 55.2 Å². The number of hydrogen-bond acceptors (Lipinski definition) is 4. The van der Waals surface area contributed by atoms with E-state index in [9.17, 15) is 4.79 Å². The Labute approximate surface area is 131 Å². The fourth-order valence-corrected chi connectivity index (χ4v) is 2.74. The molecular formula is C18H21N3O. The number of aromatic nitrogens is 1. The van der Waals surface area contributed by atoms with E-state index in [-0.39, 0.29) is 11.8 Å². The minimum absolute atomic E-state index is 0.136. The van der Waals surface area contributed by atoms with E-state index in [1.807, 2.05) is 43.5 Å². The van der Waals surface area contributed by atoms with Gasteiger partial charge < -0.3 is 10.6 Å². The SMILES string of the molecule is CC(NCc1cccnc1)C(=O)c1ccc2c(c1)CCCN2. The van der Waals surface area contributed by atoms with Crippen molar-refractivity contribution in [3.8, 4) is 0 Å². The Kier molecular flexibility index (Phi) is 4.49. The summed E-state index contributed by atoms with van der Waals surface area (Å²) >= 11 is 0. The first-order valence-corrected chi connectivity index (χ1v) is 7.77. The quantitative estimate of drug-likeness (QED) is 0.833. The van der Waals surface area contributed by atoms with E-state index < -0.39 is 0 Å². The van der Waals surface area contributed by atoms with Gasteiger partial charge >= 0.3 is 0 Å². The van der Waals surface area contributed by atoms with E-state index in [0.717, 1.165) is 30.5 Å². The van der Waals surface area contributed by atoms with Gasteiger partial charge in [0.05, 0.1) is 6.04 Å². The van der Waals surface area contributed by atoms with Crippen molar-refractivity contribution in [2.45, 2.75) is 32.4 Å². The largest absolute Gasteiger partial charge is 0.385 e. The van der Waals surface area contributed by atoms with Crippen LogP contribution >= 0.6 is 0 Å². The molecule has 1 atom stereocenters. The Morgan fingerprint density at radius 1 is 1.41 bits per heavy atom. The number of aryl methyl sites for hydroxylation is 1. The fourth-order valence-electron chi connectivity index (χ4n) is 2.74. The lowest BCUT2D eigenvalue weighted by Gasteiger charge is -2.19. The van der Waals surface area contributed by atoms with E-state index in [4.69, 9.17) is 0 Å². The summed E-state index contributed by atoms with van der Waals surface area (Å²) in [4.78, 5) is 16.6. The molecule has 2 N–H and O–H groups in total. The van der Waals surface area contributed by atoms with E-state index in [0.29, 0.717) is 6.54 Å². The van der Waals surface area contributed by atoms with Crippen molar-refractivity contribution >= 4 is 11.5 Å². The van der Waals surface area contributed by atoms with Gasteiger partial charge in [0.2, 0.25) is 0 Å². The lowest BCUT2D eigenvalue weighted by atomic mass is 9.97. The van der Waals surface area contributed by atoms with E-state index in [1.54, 1.807) is 6.20 Å². The molecule has 2 heterocycles. The predicted octanol–water partition coefficient (Wildman–Crippen LogP) is 2.80. The zero-order chi connectivity index (χ0) is 15.4. The van der Waals surface area contributed by atoms with Gasteiger partial charge in [-0.2, -0.15) is 0 Å². The Bertz CT molecular complexity index is 655. The van der Waals surface area contributed by atoms with Crippen LogP contribution in [0.5, 0.6) is 0 Å². The number of benzene rings is 1. The highest BCUT2D eigenvalue weighted by Gasteiger charge is 2.17. The average molecular weight is 295 g/mol. The van der Waals surface area contributed by atoms with Crippen LogP contribution in [0.1, 0.15) is 34.8 Å². The molecule has 1 aliphatic heterocycles. The molecule has 3 rings (SSSR count). The predicted molar refractivity (Wildman–Crippen MR) is 88.1 cm³/mol. The maximum absolute atomic E-state index is 12.6. The van der Waals surface area contributed by atoms with Gasteiger partial charge in [-0.3, -0.25) is 9.78 Å². The van der Waals surface area contributed by atoms with Crippen LogP contribution in [0.3, 0.4) is 0 Å². The van der Waals surface area contributed by atoms with Crippen molar-refractivity contribution in [2.75, 3.05) is 11.9 Å². The average Bonchev–Trinajstić information content (AvgIpc) is 2.59. The summed E-state index contributed by atoms with van der Waals surface area (Å²) < 4.78 is 0. The number of pyridine rings is 1. The molecule has 4 nitrogen and oxygen atoms in total. The molecule has 0 spiro atoms. The maximum atomic E-state index is 12.6. The molecule has 114 valence electrons. The first-order valence-electron chi connectivity index (χ1n) is 7.77. The van der Waals surface area contributed by atoms with Gasteiger partial charge in [-0.15, -0.1) is 0 Å². The first-order chi connectivity index (χ1) is 10.7. The van der Waals surface area contributed by atoms with Crippen LogP contribution in [0, 0.1) is 0 Å². The van der Waals surface area contributed by atoms with Crippen LogP contribution in [0.4, 0.5) is 5.69 Å². The molecular weight excluding hydrogens is 274 g/mol. The number of nitrogens with one attached hydrogen (secondary N) is 2. The zero-order valence-corrected chi connectivity index (χ0v) is 12.8. The van der Waals surface area contributed by atoms with Gasteiger partial charge in [-0.25, -0.2) is 0 Å². The van der Waals surface area contributed by atoms with Crippen LogP contribution in [0.25, 0.3) is 0 Å². The second-order valence-corrected chi connectivity index (χ2v) is 5.73. The third-order valence-electron chi connectivity index (χ3n) is 4.06. The molecule has 1 unspecified atom stereocenters. The molecule has 0 radical (unpaired) electrons. The second kappa shape index (κ2) is 6.71. The summed E-state index contributed by atoms with van der Waals surface area (Å²) in [7, 11) is 0. The number of fused-ring (bicyclic) bond motifs is 1. The number of ketones is 1. The van der Waals surface area contributed by atoms with Crippen molar-refractivity contribution in [1.82, 2.24) is 10.3 Å². The number of Topliss-reactive ketones (excluding diaryl/α,β-unsaturated/α-hetero) is 1. The summed E-state index contributed by atoms with van der Waals surface area (Å²) in [5.41, 5.74) is 4.28. The third kappa shape index (κ3) is 3.34. The topological polar surface area (TPSA) is 54.0 Å². The van der Waals surface area contributed by atoms with Gasteiger partial charge in [0.15, 0.2) is 5.78 Å². The lowest BCUT2D eigenvalue weighted by molar-refractivity contribution is 0.0950. The summed E-state index contributed by atoms with van der Waals surface area (Å²) in [5, 5.41) is 6.64. The smallest absolute Gasteiger partial charge is 0.179 e. The van der Waals surface area contributed by atoms with Crippen LogP contribution in [-0.4, -0.2) is 23.4 Å². The summed E-state index contributed by atoms with van der Waals surface area (Å²) in [6.07, 6.45) is 5.73. The van der Waals surface area contributed by atoms with Crippen molar-refractivity contribution in [2.24, 2.45) is 0 Å². The number of nitrogens with zero attached hydrogens (tertiary/aromatic N) is 1. The molecule has 0 fully saturated rings. The first kappa shape index (κ1) is 14.7. The monoisotopic (exact) mass is 295 g/mol. The number of rotatable bonds is 5. The fraction of sp³-hybridized carbons (Fsp3) is 0.333. The van der Waals surface area contributed by atoms with Crippen LogP contribution in [-0.2, 0) is 13.0 Å². The summed E-state index contributed by atoms with van der Waals surface area (Å²) in [6.45, 7) is 3.58. The molecule has 0 saturated heterocycles. The summed E-state index contributed by atoms with van der Waals surface area (Å²) in [6, 6.07) is 9.67. The minimum Gasteiger partial charge on any atom is -0.385 e. The van der Waals surface area contributed by atoms with E-state index in [1.165, 1.54) is 11.3 Å². The highest BCUT2D eigenvalue weighted by molar-refractivity contribution is 6.00. The number of carbonyl (C=O) groups is 1. The molecule has 2 aromatic rings. The molecule has 0 saturated carbocycles. The number of hydrogen-bond donors (Lipinski definition) is 2. The molecule has 0 amide bonds. The van der Waals surface area contributed by atoms with Crippen molar-refractivity contribution in [1.29, 1.82) is 0 Å². The molecule has 1 aromatic carbocycles. The Morgan fingerprint density at radius 2 is 2.32 bits per heavy atom. The molecule has 22 heavy (non-hydrogen) atoms. The van der Waals surface area contributed by atoms with E-state index in [2.05, 4.69) is 15.6 Å². The van der Waals surface area contributed by atoms with Crippen molar-refractivity contribution in [3.63, 3.8) is 0 Å². The van der Waals surface area contributed by atoms with Crippen LogP contribution in [0.2, 0.25) is 0 Å². The Hall–Kier alpha value is -2.20. The highest BCUT2D eigenvalue weighted by Crippen LogP contribution is 2.23. The second-order valence-electron chi connectivity index (χ2n) is 5.73. The van der Waals surface area contributed by atoms with Crippen LogP contribution in [0.15, 0.2) is 42.7 Å². The van der Waals surface area contributed by atoms with Gasteiger partial charge in [0, 0.05) is 36.7 Å². The lowest BCUT2D eigenvalue weighted by Crippen LogP contribution is -2.33. The molecule has 1 aliphatic rings. The van der Waals surface area contributed by atoms with Gasteiger partial charge in [0.1, 0.15) is 0 Å².